The minimum absolute atomic E-state index is 0.109. The van der Waals surface area contributed by atoms with Gasteiger partial charge < -0.3 is 0 Å². The molecule has 0 saturated heterocycles. The van der Waals surface area contributed by atoms with E-state index in [1.165, 1.54) is 80.7 Å². The van der Waals surface area contributed by atoms with Crippen molar-refractivity contribution in [3.63, 3.8) is 0 Å². The lowest BCUT2D eigenvalue weighted by Gasteiger charge is -2.17. The van der Waals surface area contributed by atoms with E-state index < -0.39 is 0 Å². The summed E-state index contributed by atoms with van der Waals surface area (Å²) in [6.45, 7) is 0. The Hall–Kier alpha value is -7.53. The Bertz CT molecular complexity index is 3790. The molecule has 1 aliphatic rings. The largest absolute Gasteiger partial charge is 0.208 e. The molecule has 1 unspecified atom stereocenters. The molecular weight excluding hydrogens is 759 g/mol. The second-order valence-electron chi connectivity index (χ2n) is 16.1. The van der Waals surface area contributed by atoms with Gasteiger partial charge in [-0.05, 0) is 117 Å². The standard InChI is InChI=1S/C57H35N3S/c1-2-12-38(13-3-1)55-58-56(60-57(59-55)48-21-6-7-25-50(48)61-33-42-14-4-5-15-43(42)34-61)41-20-8-19-39(30-41)44-31-40-29-28-37-17-10-23-46-45-22-9-16-35-26-27-36-18-11-24-47(53(36)51(35)45)49(32-44)54(40)52(37)46/h1-33H,34H2. The fourth-order valence-corrected chi connectivity index (χ4v) is 12.0. The molecule has 1 aliphatic heterocycles. The van der Waals surface area contributed by atoms with E-state index in [0.717, 1.165) is 33.6 Å². The molecule has 3 nitrogen and oxygen atoms in total. The van der Waals surface area contributed by atoms with E-state index in [9.17, 15) is 0 Å². The van der Waals surface area contributed by atoms with Crippen molar-refractivity contribution in [3.05, 3.63) is 205 Å². The van der Waals surface area contributed by atoms with Crippen LogP contribution in [0.25, 0.3) is 110 Å². The van der Waals surface area contributed by atoms with Gasteiger partial charge in [0.25, 0.3) is 0 Å². The SMILES string of the molecule is C1=S(c2ccccc2-c2nc(-c3ccccc3)nc(-c3cccc(-c4cc5ccc6cccc7c8cccc9ccc%10cccc(c(c4)c5c67)c%10c98)c3)n2)Cc2ccccc21. The van der Waals surface area contributed by atoms with E-state index in [0.29, 0.717) is 17.5 Å². The Kier molecular flexibility index (Phi) is 7.60. The van der Waals surface area contributed by atoms with Crippen molar-refractivity contribution in [1.29, 1.82) is 0 Å². The highest BCUT2D eigenvalue weighted by atomic mass is 32.2. The predicted octanol–water partition coefficient (Wildman–Crippen LogP) is 14.9. The summed E-state index contributed by atoms with van der Waals surface area (Å²) in [6.07, 6.45) is 0. The van der Waals surface area contributed by atoms with Gasteiger partial charge in [-0.25, -0.2) is 15.0 Å². The zero-order chi connectivity index (χ0) is 40.0. The van der Waals surface area contributed by atoms with Crippen LogP contribution in [0, 0.1) is 0 Å². The second kappa shape index (κ2) is 13.5. The molecule has 0 fully saturated rings. The zero-order valence-corrected chi connectivity index (χ0v) is 33.8. The molecule has 0 bridgehead atoms. The zero-order valence-electron chi connectivity index (χ0n) is 33.0. The maximum Gasteiger partial charge on any atom is 0.165 e. The molecule has 11 aromatic carbocycles. The summed E-state index contributed by atoms with van der Waals surface area (Å²) in [5.41, 5.74) is 7.92. The minimum atomic E-state index is -0.109. The van der Waals surface area contributed by atoms with Crippen molar-refractivity contribution < 1.29 is 0 Å². The highest BCUT2D eigenvalue weighted by Crippen LogP contribution is 2.45. The summed E-state index contributed by atoms with van der Waals surface area (Å²) in [6, 6.07) is 70.6. The lowest BCUT2D eigenvalue weighted by molar-refractivity contribution is 1.07. The van der Waals surface area contributed by atoms with Crippen molar-refractivity contribution in [2.45, 2.75) is 10.6 Å². The van der Waals surface area contributed by atoms with Crippen molar-refractivity contribution in [1.82, 2.24) is 15.0 Å². The first-order valence-corrected chi connectivity index (χ1v) is 22.3. The molecular formula is C57H35N3S. The van der Waals surface area contributed by atoms with Gasteiger partial charge in [0, 0.05) is 27.3 Å². The molecule has 61 heavy (non-hydrogen) atoms. The average Bonchev–Trinajstić information content (AvgIpc) is 3.77. The number of nitrogens with zero attached hydrogens (tertiary/aromatic N) is 3. The van der Waals surface area contributed by atoms with Gasteiger partial charge in [-0.15, -0.1) is 10.5 Å². The van der Waals surface area contributed by atoms with E-state index in [-0.39, 0.29) is 10.5 Å². The molecule has 13 rings (SSSR count). The summed E-state index contributed by atoms with van der Waals surface area (Å²) in [5, 5.41) is 17.7. The molecule has 0 amide bonds. The number of hydrogen-bond acceptors (Lipinski definition) is 3. The number of hydrogen-bond donors (Lipinski definition) is 0. The first-order valence-electron chi connectivity index (χ1n) is 20.8. The normalized spacial score (nSPS) is 13.8. The Morgan fingerprint density at radius 1 is 0.344 bits per heavy atom. The van der Waals surface area contributed by atoms with Crippen LogP contribution in [-0.2, 0) is 5.75 Å². The highest BCUT2D eigenvalue weighted by molar-refractivity contribution is 8.15. The Morgan fingerprint density at radius 3 is 1.61 bits per heavy atom. The van der Waals surface area contributed by atoms with E-state index in [1.807, 2.05) is 18.2 Å². The van der Waals surface area contributed by atoms with Crippen LogP contribution in [0.1, 0.15) is 11.1 Å². The topological polar surface area (TPSA) is 38.7 Å². The Labute approximate surface area is 354 Å². The van der Waals surface area contributed by atoms with Gasteiger partial charge in [0.2, 0.25) is 0 Å². The quantitative estimate of drug-likeness (QED) is 0.129. The number of rotatable bonds is 5. The monoisotopic (exact) mass is 793 g/mol. The summed E-state index contributed by atoms with van der Waals surface area (Å²) in [7, 11) is -0.109. The summed E-state index contributed by atoms with van der Waals surface area (Å²) >= 11 is 0. The van der Waals surface area contributed by atoms with Crippen molar-refractivity contribution in [2.75, 3.05) is 0 Å². The van der Waals surface area contributed by atoms with Crippen LogP contribution >= 0.6 is 10.5 Å². The maximum absolute atomic E-state index is 5.30. The van der Waals surface area contributed by atoms with E-state index >= 15 is 0 Å². The summed E-state index contributed by atoms with van der Waals surface area (Å²) in [4.78, 5) is 16.9. The predicted molar refractivity (Wildman–Crippen MR) is 259 cm³/mol. The average molecular weight is 794 g/mol. The molecule has 0 N–H and O–H groups in total. The second-order valence-corrected chi connectivity index (χ2v) is 17.9. The van der Waals surface area contributed by atoms with Gasteiger partial charge in [0.1, 0.15) is 0 Å². The molecule has 2 heterocycles. The number of fused-ring (bicyclic) bond motifs is 3. The molecule has 284 valence electrons. The molecule has 0 spiro atoms. The van der Waals surface area contributed by atoms with Crippen LogP contribution in [0.15, 0.2) is 199 Å². The first kappa shape index (κ1) is 34.3. The van der Waals surface area contributed by atoms with Crippen molar-refractivity contribution >= 4 is 80.5 Å². The molecule has 1 aromatic heterocycles. The Morgan fingerprint density at radius 2 is 0.885 bits per heavy atom. The third-order valence-electron chi connectivity index (χ3n) is 12.6. The minimum Gasteiger partial charge on any atom is -0.208 e. The number of benzene rings is 10. The fraction of sp³-hybridized carbons (Fsp3) is 0.0175. The number of aromatic nitrogens is 3. The lowest BCUT2D eigenvalue weighted by atomic mass is 9.86. The van der Waals surface area contributed by atoms with Crippen LogP contribution in [-0.4, -0.2) is 20.3 Å². The van der Waals surface area contributed by atoms with Crippen LogP contribution < -0.4 is 0 Å². The van der Waals surface area contributed by atoms with Gasteiger partial charge in [-0.3, -0.25) is 0 Å². The van der Waals surface area contributed by atoms with Crippen LogP contribution in [0.4, 0.5) is 0 Å². The lowest BCUT2D eigenvalue weighted by Crippen LogP contribution is -2.01. The van der Waals surface area contributed by atoms with E-state index in [2.05, 4.69) is 181 Å². The molecule has 0 aliphatic carbocycles. The van der Waals surface area contributed by atoms with Crippen molar-refractivity contribution in [3.8, 4) is 45.3 Å². The van der Waals surface area contributed by atoms with Gasteiger partial charge in [-0.1, -0.05) is 170 Å². The first-order chi connectivity index (χ1) is 30.2. The van der Waals surface area contributed by atoms with E-state index in [1.54, 1.807) is 0 Å². The smallest absolute Gasteiger partial charge is 0.165 e. The summed E-state index contributed by atoms with van der Waals surface area (Å²) < 4.78 is 0. The van der Waals surface area contributed by atoms with Gasteiger partial charge in [0.15, 0.2) is 17.5 Å². The van der Waals surface area contributed by atoms with Crippen molar-refractivity contribution in [2.24, 2.45) is 0 Å². The van der Waals surface area contributed by atoms with Crippen LogP contribution in [0.2, 0.25) is 0 Å². The Balaban J connectivity index is 1.03. The molecule has 4 heteroatoms. The third-order valence-corrected chi connectivity index (χ3v) is 14.7. The van der Waals surface area contributed by atoms with Gasteiger partial charge in [0.05, 0.1) is 0 Å². The molecule has 0 saturated carbocycles. The van der Waals surface area contributed by atoms with Gasteiger partial charge >= 0.3 is 0 Å². The molecule has 1 atom stereocenters. The van der Waals surface area contributed by atoms with E-state index in [4.69, 9.17) is 15.0 Å². The molecule has 12 aromatic rings. The van der Waals surface area contributed by atoms with Crippen LogP contribution in [0.5, 0.6) is 0 Å². The summed E-state index contributed by atoms with van der Waals surface area (Å²) in [5.74, 6) is 2.99. The highest BCUT2D eigenvalue weighted by Gasteiger charge is 2.21. The third kappa shape index (κ3) is 5.46. The fourth-order valence-electron chi connectivity index (χ4n) is 9.79. The maximum atomic E-state index is 5.30. The van der Waals surface area contributed by atoms with Gasteiger partial charge in [-0.2, -0.15) is 0 Å². The van der Waals surface area contributed by atoms with Crippen LogP contribution in [0.3, 0.4) is 0 Å². The molecule has 0 radical (unpaired) electrons.